The Morgan fingerprint density at radius 1 is 1.20 bits per heavy atom. The van der Waals surface area contributed by atoms with Crippen molar-refractivity contribution in [1.82, 2.24) is 14.8 Å². The number of aromatic amines is 2. The van der Waals surface area contributed by atoms with Crippen LogP contribution in [0, 0.1) is 10.2 Å². The Kier molecular flexibility index (Phi) is 2.96. The summed E-state index contributed by atoms with van der Waals surface area (Å²) in [4.78, 5) is 11.6. The average molecular weight is 229 g/mol. The maximum Gasteiger partial charge on any atom is 0.342 e. The molecule has 0 saturated carbocycles. The highest BCUT2D eigenvalue weighted by Crippen LogP contribution is 2.31. The van der Waals surface area contributed by atoms with E-state index in [1.165, 1.54) is 0 Å². The summed E-state index contributed by atoms with van der Waals surface area (Å²) < 4.78 is 2.06. The van der Waals surface area contributed by atoms with E-state index in [1.807, 2.05) is 13.8 Å². The number of rotatable bonds is 2. The van der Waals surface area contributed by atoms with Crippen molar-refractivity contribution in [3.63, 3.8) is 0 Å². The van der Waals surface area contributed by atoms with Crippen LogP contribution < -0.4 is 5.69 Å². The standard InChI is InChI=1S/C10H19N3OS/c1-9(2,3)6-10(4,5)13-7(14)11-12-8(13)15/h6H2,1-5H3,(H,11,14)(H,12,15). The molecule has 5 heteroatoms. The molecule has 0 aliphatic heterocycles. The summed E-state index contributed by atoms with van der Waals surface area (Å²) in [5, 5.41) is 5.18. The molecule has 1 aromatic heterocycles. The number of H-pyrrole nitrogens is 2. The Labute approximate surface area is 94.7 Å². The van der Waals surface area contributed by atoms with Gasteiger partial charge in [0.1, 0.15) is 0 Å². The molecule has 1 aromatic rings. The normalized spacial score (nSPS) is 13.1. The van der Waals surface area contributed by atoms with E-state index >= 15 is 0 Å². The summed E-state index contributed by atoms with van der Waals surface area (Å²) in [6.45, 7) is 10.5. The first-order valence-corrected chi connectivity index (χ1v) is 5.44. The number of hydrogen-bond donors (Lipinski definition) is 2. The van der Waals surface area contributed by atoms with Crippen LogP contribution in [-0.2, 0) is 5.54 Å². The minimum Gasteiger partial charge on any atom is -0.272 e. The zero-order valence-corrected chi connectivity index (χ0v) is 10.8. The second kappa shape index (κ2) is 3.63. The fourth-order valence-electron chi connectivity index (χ4n) is 2.24. The van der Waals surface area contributed by atoms with Gasteiger partial charge in [-0.05, 0) is 37.9 Å². The monoisotopic (exact) mass is 229 g/mol. The van der Waals surface area contributed by atoms with Crippen LogP contribution in [0.2, 0.25) is 0 Å². The second-order valence-electron chi connectivity index (χ2n) is 5.75. The minimum absolute atomic E-state index is 0.155. The van der Waals surface area contributed by atoms with E-state index in [9.17, 15) is 4.79 Å². The van der Waals surface area contributed by atoms with Gasteiger partial charge in [-0.1, -0.05) is 20.8 Å². The molecule has 0 atom stereocenters. The third kappa shape index (κ3) is 2.81. The number of aromatic nitrogens is 3. The minimum atomic E-state index is -0.275. The van der Waals surface area contributed by atoms with Crippen molar-refractivity contribution < 1.29 is 0 Å². The van der Waals surface area contributed by atoms with Gasteiger partial charge in [-0.15, -0.1) is 0 Å². The van der Waals surface area contributed by atoms with Gasteiger partial charge in [0.05, 0.1) is 0 Å². The lowest BCUT2D eigenvalue weighted by Crippen LogP contribution is -2.38. The van der Waals surface area contributed by atoms with Crippen LogP contribution in [-0.4, -0.2) is 14.8 Å². The molecule has 0 saturated heterocycles. The van der Waals surface area contributed by atoms with E-state index in [4.69, 9.17) is 12.2 Å². The predicted molar refractivity (Wildman–Crippen MR) is 63.6 cm³/mol. The van der Waals surface area contributed by atoms with Crippen molar-refractivity contribution >= 4 is 12.2 Å². The smallest absolute Gasteiger partial charge is 0.272 e. The molecule has 4 nitrogen and oxygen atoms in total. The third-order valence-corrected chi connectivity index (χ3v) is 2.54. The molecule has 0 aromatic carbocycles. The number of nitrogens with one attached hydrogen (secondary N) is 2. The Hall–Kier alpha value is -0.840. The van der Waals surface area contributed by atoms with Crippen LogP contribution >= 0.6 is 12.2 Å². The maximum atomic E-state index is 11.6. The van der Waals surface area contributed by atoms with Crippen molar-refractivity contribution in [2.24, 2.45) is 5.41 Å². The second-order valence-corrected chi connectivity index (χ2v) is 6.13. The molecule has 0 fully saturated rings. The average Bonchev–Trinajstić information content (AvgIpc) is 2.25. The quantitative estimate of drug-likeness (QED) is 0.765. The summed E-state index contributed by atoms with van der Waals surface area (Å²) in [6.07, 6.45) is 0.884. The fraction of sp³-hybridized carbons (Fsp3) is 0.800. The van der Waals surface area contributed by atoms with E-state index in [0.717, 1.165) is 6.42 Å². The van der Waals surface area contributed by atoms with Crippen LogP contribution in [0.4, 0.5) is 0 Å². The van der Waals surface area contributed by atoms with Crippen LogP contribution in [0.25, 0.3) is 0 Å². The molecule has 86 valence electrons. The van der Waals surface area contributed by atoms with Gasteiger partial charge < -0.3 is 0 Å². The van der Waals surface area contributed by atoms with E-state index in [1.54, 1.807) is 4.57 Å². The van der Waals surface area contributed by atoms with Crippen LogP contribution in [0.1, 0.15) is 41.0 Å². The van der Waals surface area contributed by atoms with Crippen molar-refractivity contribution in [1.29, 1.82) is 0 Å². The first kappa shape index (κ1) is 12.2. The van der Waals surface area contributed by atoms with Crippen molar-refractivity contribution in [2.45, 2.75) is 46.6 Å². The van der Waals surface area contributed by atoms with E-state index < -0.39 is 0 Å². The molecule has 0 spiro atoms. The lowest BCUT2D eigenvalue weighted by molar-refractivity contribution is 0.208. The zero-order valence-electron chi connectivity index (χ0n) is 9.97. The van der Waals surface area contributed by atoms with Gasteiger partial charge in [0, 0.05) is 5.54 Å². The van der Waals surface area contributed by atoms with Gasteiger partial charge in [0.15, 0.2) is 4.77 Å². The largest absolute Gasteiger partial charge is 0.342 e. The Balaban J connectivity index is 3.17. The molecule has 0 aliphatic carbocycles. The number of nitrogens with zero attached hydrogens (tertiary/aromatic N) is 1. The highest BCUT2D eigenvalue weighted by atomic mass is 32.1. The van der Waals surface area contributed by atoms with E-state index in [0.29, 0.717) is 4.77 Å². The molecule has 1 rings (SSSR count). The third-order valence-electron chi connectivity index (χ3n) is 2.25. The van der Waals surface area contributed by atoms with Gasteiger partial charge in [0.2, 0.25) is 0 Å². The first-order chi connectivity index (χ1) is 6.63. The molecule has 2 N–H and O–H groups in total. The molecule has 1 heterocycles. The Bertz CT molecular complexity index is 417. The molecular weight excluding hydrogens is 210 g/mol. The molecule has 0 amide bonds. The summed E-state index contributed by atoms with van der Waals surface area (Å²) >= 11 is 5.09. The van der Waals surface area contributed by atoms with Gasteiger partial charge in [0.25, 0.3) is 0 Å². The van der Waals surface area contributed by atoms with Gasteiger partial charge in [-0.2, -0.15) is 0 Å². The highest BCUT2D eigenvalue weighted by molar-refractivity contribution is 7.71. The summed E-state index contributed by atoms with van der Waals surface area (Å²) in [5.41, 5.74) is -0.292. The van der Waals surface area contributed by atoms with Crippen LogP contribution in [0.15, 0.2) is 4.79 Å². The van der Waals surface area contributed by atoms with Crippen molar-refractivity contribution in [3.8, 4) is 0 Å². The fourth-order valence-corrected chi connectivity index (χ4v) is 2.62. The van der Waals surface area contributed by atoms with Crippen molar-refractivity contribution in [2.75, 3.05) is 0 Å². The maximum absolute atomic E-state index is 11.6. The van der Waals surface area contributed by atoms with Gasteiger partial charge >= 0.3 is 5.69 Å². The first-order valence-electron chi connectivity index (χ1n) is 5.04. The molecule has 15 heavy (non-hydrogen) atoms. The lowest BCUT2D eigenvalue weighted by atomic mass is 9.82. The number of hydrogen-bond acceptors (Lipinski definition) is 2. The molecule has 0 bridgehead atoms. The SMILES string of the molecule is CC(C)(C)CC(C)(C)n1c(=O)[nH][nH]c1=S. The van der Waals surface area contributed by atoms with Crippen LogP contribution in [0.3, 0.4) is 0 Å². The summed E-state index contributed by atoms with van der Waals surface area (Å²) in [7, 11) is 0. The zero-order chi connectivity index (χ0) is 11.9. The molecule has 0 radical (unpaired) electrons. The Morgan fingerprint density at radius 2 is 1.73 bits per heavy atom. The van der Waals surface area contributed by atoms with Crippen LogP contribution in [0.5, 0.6) is 0 Å². The van der Waals surface area contributed by atoms with E-state index in [2.05, 4.69) is 31.0 Å². The summed E-state index contributed by atoms with van der Waals surface area (Å²) in [6, 6.07) is 0. The van der Waals surface area contributed by atoms with Gasteiger partial charge in [-0.3, -0.25) is 9.67 Å². The Morgan fingerprint density at radius 3 is 2.07 bits per heavy atom. The molecule has 0 unspecified atom stereocenters. The summed E-state index contributed by atoms with van der Waals surface area (Å²) in [5.74, 6) is 0. The van der Waals surface area contributed by atoms with E-state index in [-0.39, 0.29) is 16.6 Å². The highest BCUT2D eigenvalue weighted by Gasteiger charge is 2.29. The lowest BCUT2D eigenvalue weighted by Gasteiger charge is -2.32. The van der Waals surface area contributed by atoms with Crippen molar-refractivity contribution in [3.05, 3.63) is 15.3 Å². The predicted octanol–water partition coefficient (Wildman–Crippen LogP) is 2.41. The van der Waals surface area contributed by atoms with Gasteiger partial charge in [-0.25, -0.2) is 9.89 Å². The molecular formula is C10H19N3OS. The topological polar surface area (TPSA) is 53.6 Å². The molecule has 0 aliphatic rings.